The van der Waals surface area contributed by atoms with Crippen LogP contribution in [0.3, 0.4) is 0 Å². The molecule has 0 fully saturated rings. The molecule has 0 bridgehead atoms. The second-order valence-electron chi connectivity index (χ2n) is 2.34. The van der Waals surface area contributed by atoms with Crippen LogP contribution in [0, 0.1) is 0 Å². The minimum Gasteiger partial charge on any atom is -0.507 e. The maximum Gasteiger partial charge on any atom is 0.144 e. The van der Waals surface area contributed by atoms with Crippen molar-refractivity contribution in [3.63, 3.8) is 0 Å². The Morgan fingerprint density at radius 2 is 2.08 bits per heavy atom. The standard InChI is InChI=1S/C8H5ClN2O/c9-8-7-5(10-4-11-8)2-1-3-6(7)12/h1-4,12H. The highest BCUT2D eigenvalue weighted by Gasteiger charge is 2.04. The van der Waals surface area contributed by atoms with E-state index in [1.807, 2.05) is 0 Å². The summed E-state index contributed by atoms with van der Waals surface area (Å²) in [5.41, 5.74) is 0.648. The van der Waals surface area contributed by atoms with Crippen LogP contribution in [0.25, 0.3) is 10.9 Å². The smallest absolute Gasteiger partial charge is 0.144 e. The van der Waals surface area contributed by atoms with Crippen LogP contribution in [-0.4, -0.2) is 15.1 Å². The third kappa shape index (κ3) is 0.987. The van der Waals surface area contributed by atoms with Crippen LogP contribution >= 0.6 is 11.6 Å². The normalized spacial score (nSPS) is 10.4. The van der Waals surface area contributed by atoms with Crippen molar-refractivity contribution in [2.75, 3.05) is 0 Å². The Labute approximate surface area is 73.6 Å². The molecule has 0 aliphatic carbocycles. The van der Waals surface area contributed by atoms with E-state index in [-0.39, 0.29) is 10.9 Å². The van der Waals surface area contributed by atoms with Crippen molar-refractivity contribution in [1.82, 2.24) is 9.97 Å². The first-order valence-corrected chi connectivity index (χ1v) is 3.75. The van der Waals surface area contributed by atoms with E-state index in [0.717, 1.165) is 0 Å². The molecule has 2 aromatic rings. The SMILES string of the molecule is Oc1cccc2ncnc(Cl)c12. The van der Waals surface area contributed by atoms with Crippen molar-refractivity contribution in [3.05, 3.63) is 29.7 Å². The summed E-state index contributed by atoms with van der Waals surface area (Å²) in [5, 5.41) is 10.2. The van der Waals surface area contributed by atoms with Gasteiger partial charge < -0.3 is 5.11 Å². The predicted molar refractivity (Wildman–Crippen MR) is 46.2 cm³/mol. The number of nitrogens with zero attached hydrogens (tertiary/aromatic N) is 2. The van der Waals surface area contributed by atoms with E-state index < -0.39 is 0 Å². The molecule has 0 amide bonds. The lowest BCUT2D eigenvalue weighted by atomic mass is 10.2. The van der Waals surface area contributed by atoms with E-state index in [9.17, 15) is 5.11 Å². The monoisotopic (exact) mass is 180 g/mol. The first-order valence-electron chi connectivity index (χ1n) is 3.37. The zero-order chi connectivity index (χ0) is 8.55. The summed E-state index contributed by atoms with van der Waals surface area (Å²) in [7, 11) is 0. The average molecular weight is 181 g/mol. The van der Waals surface area contributed by atoms with Crippen molar-refractivity contribution in [2.24, 2.45) is 0 Å². The second-order valence-corrected chi connectivity index (χ2v) is 2.69. The predicted octanol–water partition coefficient (Wildman–Crippen LogP) is 1.99. The topological polar surface area (TPSA) is 46.0 Å². The molecule has 0 unspecified atom stereocenters. The molecule has 3 nitrogen and oxygen atoms in total. The van der Waals surface area contributed by atoms with Gasteiger partial charge in [-0.15, -0.1) is 0 Å². The Hall–Kier alpha value is -1.35. The molecule has 0 radical (unpaired) electrons. The molecule has 4 heteroatoms. The van der Waals surface area contributed by atoms with E-state index in [1.54, 1.807) is 18.2 Å². The van der Waals surface area contributed by atoms with Gasteiger partial charge >= 0.3 is 0 Å². The average Bonchev–Trinajstić information content (AvgIpc) is 2.04. The third-order valence-electron chi connectivity index (χ3n) is 1.59. The number of phenolic OH excluding ortho intramolecular Hbond substituents is 1. The number of hydrogen-bond donors (Lipinski definition) is 1. The van der Waals surface area contributed by atoms with E-state index in [1.165, 1.54) is 6.33 Å². The lowest BCUT2D eigenvalue weighted by Crippen LogP contribution is -1.83. The lowest BCUT2D eigenvalue weighted by molar-refractivity contribution is 0.481. The van der Waals surface area contributed by atoms with Crippen molar-refractivity contribution in [1.29, 1.82) is 0 Å². The van der Waals surface area contributed by atoms with Gasteiger partial charge in [0.2, 0.25) is 0 Å². The molecule has 0 aliphatic heterocycles. The molecule has 0 atom stereocenters. The molecular weight excluding hydrogens is 176 g/mol. The summed E-state index contributed by atoms with van der Waals surface area (Å²) in [4.78, 5) is 7.71. The number of benzene rings is 1. The highest BCUT2D eigenvalue weighted by molar-refractivity contribution is 6.34. The fourth-order valence-corrected chi connectivity index (χ4v) is 1.29. The van der Waals surface area contributed by atoms with Gasteiger partial charge in [0, 0.05) is 0 Å². The Bertz CT molecular complexity index is 394. The van der Waals surface area contributed by atoms with Gasteiger partial charge in [0.25, 0.3) is 0 Å². The maximum atomic E-state index is 9.39. The first-order chi connectivity index (χ1) is 5.79. The number of hydrogen-bond acceptors (Lipinski definition) is 3. The van der Waals surface area contributed by atoms with Crippen LogP contribution in [-0.2, 0) is 0 Å². The van der Waals surface area contributed by atoms with Crippen molar-refractivity contribution >= 4 is 22.5 Å². The number of halogens is 1. The van der Waals surface area contributed by atoms with Gasteiger partial charge in [-0.3, -0.25) is 0 Å². The van der Waals surface area contributed by atoms with Crippen LogP contribution in [0.15, 0.2) is 24.5 Å². The summed E-state index contributed by atoms with van der Waals surface area (Å²) >= 11 is 5.75. The summed E-state index contributed by atoms with van der Waals surface area (Å²) in [6, 6.07) is 5.03. The quantitative estimate of drug-likeness (QED) is 0.631. The fourth-order valence-electron chi connectivity index (χ4n) is 1.05. The summed E-state index contributed by atoms with van der Waals surface area (Å²) in [5.74, 6) is 0.109. The van der Waals surface area contributed by atoms with Crippen LogP contribution in [0.5, 0.6) is 5.75 Å². The lowest BCUT2D eigenvalue weighted by Gasteiger charge is -1.99. The molecule has 60 valence electrons. The van der Waals surface area contributed by atoms with Crippen molar-refractivity contribution in [3.8, 4) is 5.75 Å². The first kappa shape index (κ1) is 7.31. The number of aromatic nitrogens is 2. The maximum absolute atomic E-state index is 9.39. The second kappa shape index (κ2) is 2.60. The fraction of sp³-hybridized carbons (Fsp3) is 0. The summed E-state index contributed by atoms with van der Waals surface area (Å²) in [6.07, 6.45) is 1.37. The van der Waals surface area contributed by atoms with Gasteiger partial charge in [-0.25, -0.2) is 9.97 Å². The zero-order valence-electron chi connectivity index (χ0n) is 6.03. The molecule has 0 aliphatic rings. The molecule has 12 heavy (non-hydrogen) atoms. The Morgan fingerprint density at radius 1 is 1.25 bits per heavy atom. The van der Waals surface area contributed by atoms with Crippen molar-refractivity contribution in [2.45, 2.75) is 0 Å². The highest BCUT2D eigenvalue weighted by Crippen LogP contribution is 2.27. The molecular formula is C8H5ClN2O. The molecule has 1 N–H and O–H groups in total. The minimum atomic E-state index is 0.109. The molecule has 1 heterocycles. The van der Waals surface area contributed by atoms with E-state index in [0.29, 0.717) is 10.9 Å². The van der Waals surface area contributed by atoms with Gasteiger partial charge in [-0.05, 0) is 12.1 Å². The van der Waals surface area contributed by atoms with Gasteiger partial charge in [0.05, 0.1) is 10.9 Å². The van der Waals surface area contributed by atoms with Crippen LogP contribution < -0.4 is 0 Å². The van der Waals surface area contributed by atoms with Crippen molar-refractivity contribution < 1.29 is 5.11 Å². The van der Waals surface area contributed by atoms with Gasteiger partial charge in [-0.1, -0.05) is 17.7 Å². The Balaban J connectivity index is 2.96. The number of aromatic hydroxyl groups is 1. The number of phenols is 1. The molecule has 2 rings (SSSR count). The molecule has 0 saturated heterocycles. The number of rotatable bonds is 0. The minimum absolute atomic E-state index is 0.109. The van der Waals surface area contributed by atoms with E-state index in [4.69, 9.17) is 11.6 Å². The largest absolute Gasteiger partial charge is 0.507 e. The summed E-state index contributed by atoms with van der Waals surface area (Å²) < 4.78 is 0. The van der Waals surface area contributed by atoms with Gasteiger partial charge in [0.15, 0.2) is 0 Å². The van der Waals surface area contributed by atoms with Crippen LogP contribution in [0.1, 0.15) is 0 Å². The van der Waals surface area contributed by atoms with Crippen LogP contribution in [0.2, 0.25) is 5.15 Å². The molecule has 1 aromatic heterocycles. The van der Waals surface area contributed by atoms with Gasteiger partial charge in [-0.2, -0.15) is 0 Å². The molecule has 0 saturated carbocycles. The Kier molecular flexibility index (Phi) is 1.59. The van der Waals surface area contributed by atoms with Crippen LogP contribution in [0.4, 0.5) is 0 Å². The third-order valence-corrected chi connectivity index (χ3v) is 1.88. The molecule has 0 spiro atoms. The molecule has 1 aromatic carbocycles. The van der Waals surface area contributed by atoms with Gasteiger partial charge in [0.1, 0.15) is 17.2 Å². The number of fused-ring (bicyclic) bond motifs is 1. The highest BCUT2D eigenvalue weighted by atomic mass is 35.5. The van der Waals surface area contributed by atoms with E-state index >= 15 is 0 Å². The Morgan fingerprint density at radius 3 is 2.83 bits per heavy atom. The zero-order valence-corrected chi connectivity index (χ0v) is 6.78. The summed E-state index contributed by atoms with van der Waals surface area (Å²) in [6.45, 7) is 0. The van der Waals surface area contributed by atoms with E-state index in [2.05, 4.69) is 9.97 Å².